The number of carboxylic acids is 1. The molecule has 3 aromatic rings. The Kier molecular flexibility index (Phi) is 8.61. The molecule has 4 nitrogen and oxygen atoms in total. The van der Waals surface area contributed by atoms with Crippen LogP contribution in [0.25, 0.3) is 11.1 Å². The van der Waals surface area contributed by atoms with Gasteiger partial charge in [0.15, 0.2) is 0 Å². The van der Waals surface area contributed by atoms with Gasteiger partial charge in [0.2, 0.25) is 0 Å². The van der Waals surface area contributed by atoms with Gasteiger partial charge in [-0.3, -0.25) is 9.59 Å². The molecule has 0 aromatic heterocycles. The van der Waals surface area contributed by atoms with Crippen LogP contribution in [0.15, 0.2) is 72.8 Å². The second kappa shape index (κ2) is 11.8. The minimum atomic E-state index is -0.923. The summed E-state index contributed by atoms with van der Waals surface area (Å²) < 4.78 is 5.99. The molecule has 0 spiro atoms. The molecule has 1 N–H and O–H groups in total. The first-order valence-electron chi connectivity index (χ1n) is 11.2. The molecular weight excluding hydrogens is 400 g/mol. The van der Waals surface area contributed by atoms with Crippen molar-refractivity contribution in [1.29, 1.82) is 0 Å². The summed E-state index contributed by atoms with van der Waals surface area (Å²) in [5.74, 6) is -0.0741. The van der Waals surface area contributed by atoms with Crippen LogP contribution in [0, 0.1) is 0 Å². The zero-order valence-corrected chi connectivity index (χ0v) is 18.5. The van der Waals surface area contributed by atoms with E-state index < -0.39 is 5.97 Å². The van der Waals surface area contributed by atoms with E-state index in [0.29, 0.717) is 13.0 Å². The summed E-state index contributed by atoms with van der Waals surface area (Å²) >= 11 is 0. The van der Waals surface area contributed by atoms with E-state index in [-0.39, 0.29) is 18.6 Å². The highest BCUT2D eigenvalue weighted by molar-refractivity contribution is 5.82. The Bertz CT molecular complexity index is 1040. The number of hydrogen-bond donors (Lipinski definition) is 1. The van der Waals surface area contributed by atoms with Gasteiger partial charge in [-0.05, 0) is 59.2 Å². The zero-order chi connectivity index (χ0) is 22.8. The van der Waals surface area contributed by atoms with Gasteiger partial charge in [0.05, 0.1) is 6.42 Å². The number of rotatable bonds is 12. The van der Waals surface area contributed by atoms with Crippen LogP contribution in [-0.2, 0) is 29.0 Å². The average molecular weight is 431 g/mol. The number of ketones is 1. The molecule has 0 aliphatic carbocycles. The number of carbonyl (C=O) groups is 2. The molecule has 0 saturated carbocycles. The fourth-order valence-corrected chi connectivity index (χ4v) is 3.65. The Morgan fingerprint density at radius 1 is 0.781 bits per heavy atom. The molecule has 0 amide bonds. The van der Waals surface area contributed by atoms with Gasteiger partial charge < -0.3 is 9.84 Å². The van der Waals surface area contributed by atoms with Gasteiger partial charge >= 0.3 is 5.97 Å². The van der Waals surface area contributed by atoms with Crippen molar-refractivity contribution in [2.75, 3.05) is 0 Å². The number of ether oxygens (including phenoxy) is 1. The Morgan fingerprint density at radius 3 is 2.31 bits per heavy atom. The summed E-state index contributed by atoms with van der Waals surface area (Å²) in [4.78, 5) is 22.5. The van der Waals surface area contributed by atoms with E-state index in [1.807, 2.05) is 42.5 Å². The third kappa shape index (κ3) is 7.38. The Balaban J connectivity index is 1.66. The predicted molar refractivity (Wildman–Crippen MR) is 127 cm³/mol. The molecule has 0 fully saturated rings. The van der Waals surface area contributed by atoms with E-state index in [4.69, 9.17) is 9.84 Å². The number of aliphatic carboxylic acids is 1. The molecule has 0 bridgehead atoms. The van der Waals surface area contributed by atoms with Gasteiger partial charge in [0.25, 0.3) is 0 Å². The largest absolute Gasteiger partial charge is 0.489 e. The molecule has 166 valence electrons. The fraction of sp³-hybridized carbons (Fsp3) is 0.286. The molecular formula is C28H30O4. The lowest BCUT2D eigenvalue weighted by atomic mass is 9.96. The van der Waals surface area contributed by atoms with Crippen LogP contribution >= 0.6 is 0 Å². The molecule has 3 rings (SSSR count). The standard InChI is InChI=1S/C28H30O4/c1-2-21-16-23(10-6-12-26(29)14-15-28(30)31)18-25(17-21)24-11-7-13-27(19-24)32-20-22-8-4-3-5-9-22/h3-5,7-9,11,13,16-19H,2,6,10,12,14-15,20H2,1H3,(H,30,31). The zero-order valence-electron chi connectivity index (χ0n) is 18.5. The topological polar surface area (TPSA) is 63.6 Å². The average Bonchev–Trinajstić information content (AvgIpc) is 2.82. The number of benzene rings is 3. The molecule has 0 atom stereocenters. The third-order valence-electron chi connectivity index (χ3n) is 5.42. The molecule has 4 heteroatoms. The van der Waals surface area contributed by atoms with Gasteiger partial charge in [-0.1, -0.05) is 67.6 Å². The van der Waals surface area contributed by atoms with Gasteiger partial charge in [-0.15, -0.1) is 0 Å². The molecule has 0 saturated heterocycles. The summed E-state index contributed by atoms with van der Waals surface area (Å²) in [5.41, 5.74) is 5.82. The first kappa shape index (κ1) is 23.3. The molecule has 3 aromatic carbocycles. The fourth-order valence-electron chi connectivity index (χ4n) is 3.65. The van der Waals surface area contributed by atoms with Crippen LogP contribution in [0.4, 0.5) is 0 Å². The summed E-state index contributed by atoms with van der Waals surface area (Å²) in [6, 6.07) is 24.8. The Morgan fingerprint density at radius 2 is 1.56 bits per heavy atom. The van der Waals surface area contributed by atoms with Crippen molar-refractivity contribution in [2.24, 2.45) is 0 Å². The summed E-state index contributed by atoms with van der Waals surface area (Å²) in [7, 11) is 0. The van der Waals surface area contributed by atoms with E-state index in [9.17, 15) is 9.59 Å². The van der Waals surface area contributed by atoms with Crippen LogP contribution in [0.3, 0.4) is 0 Å². The molecule has 0 aliphatic heterocycles. The molecule has 0 heterocycles. The van der Waals surface area contributed by atoms with Gasteiger partial charge in [-0.25, -0.2) is 0 Å². The first-order chi connectivity index (χ1) is 15.5. The normalized spacial score (nSPS) is 10.7. The SMILES string of the molecule is CCc1cc(CCCC(=O)CCC(=O)O)cc(-c2cccc(OCc3ccccc3)c2)c1. The van der Waals surface area contributed by atoms with Crippen molar-refractivity contribution in [3.05, 3.63) is 89.5 Å². The van der Waals surface area contributed by atoms with Crippen molar-refractivity contribution in [1.82, 2.24) is 0 Å². The summed E-state index contributed by atoms with van der Waals surface area (Å²) in [6.07, 6.45) is 2.90. The van der Waals surface area contributed by atoms with E-state index in [1.165, 1.54) is 11.1 Å². The van der Waals surface area contributed by atoms with Gasteiger partial charge in [-0.2, -0.15) is 0 Å². The first-order valence-corrected chi connectivity index (χ1v) is 11.2. The number of aryl methyl sites for hydroxylation is 2. The summed E-state index contributed by atoms with van der Waals surface area (Å²) in [6.45, 7) is 2.66. The van der Waals surface area contributed by atoms with Crippen LogP contribution in [0.5, 0.6) is 5.75 Å². The van der Waals surface area contributed by atoms with Gasteiger partial charge in [0.1, 0.15) is 18.1 Å². The molecule has 0 unspecified atom stereocenters. The Labute approximate surface area is 189 Å². The maximum Gasteiger partial charge on any atom is 0.303 e. The van der Waals surface area contributed by atoms with Crippen LogP contribution in [0.1, 0.15) is 49.3 Å². The highest BCUT2D eigenvalue weighted by Gasteiger charge is 2.08. The van der Waals surface area contributed by atoms with E-state index >= 15 is 0 Å². The maximum absolute atomic E-state index is 11.9. The number of carbonyl (C=O) groups excluding carboxylic acids is 1. The Hall–Kier alpha value is -3.40. The minimum Gasteiger partial charge on any atom is -0.489 e. The highest BCUT2D eigenvalue weighted by Crippen LogP contribution is 2.27. The molecule has 32 heavy (non-hydrogen) atoms. The van der Waals surface area contributed by atoms with Crippen molar-refractivity contribution in [3.63, 3.8) is 0 Å². The van der Waals surface area contributed by atoms with E-state index in [2.05, 4.69) is 37.3 Å². The van der Waals surface area contributed by atoms with Crippen molar-refractivity contribution >= 4 is 11.8 Å². The molecule has 0 aliphatic rings. The second-order valence-corrected chi connectivity index (χ2v) is 7.98. The monoisotopic (exact) mass is 430 g/mol. The number of Topliss-reactive ketones (excluding diaryl/α,β-unsaturated/α-hetero) is 1. The highest BCUT2D eigenvalue weighted by atomic mass is 16.5. The maximum atomic E-state index is 11.9. The third-order valence-corrected chi connectivity index (χ3v) is 5.42. The lowest BCUT2D eigenvalue weighted by molar-refractivity contribution is -0.138. The van der Waals surface area contributed by atoms with Crippen LogP contribution in [0.2, 0.25) is 0 Å². The minimum absolute atomic E-state index is 0.0162. The second-order valence-electron chi connectivity index (χ2n) is 7.98. The van der Waals surface area contributed by atoms with Crippen molar-refractivity contribution in [2.45, 2.75) is 52.1 Å². The van der Waals surface area contributed by atoms with Gasteiger partial charge in [0, 0.05) is 12.8 Å². The number of carboxylic acid groups (broad SMARTS) is 1. The predicted octanol–water partition coefficient (Wildman–Crippen LogP) is 6.25. The summed E-state index contributed by atoms with van der Waals surface area (Å²) in [5, 5.41) is 8.71. The van der Waals surface area contributed by atoms with Crippen molar-refractivity contribution < 1.29 is 19.4 Å². The number of hydrogen-bond acceptors (Lipinski definition) is 3. The van der Waals surface area contributed by atoms with Crippen LogP contribution in [-0.4, -0.2) is 16.9 Å². The lowest BCUT2D eigenvalue weighted by Gasteiger charge is -2.12. The molecule has 0 radical (unpaired) electrons. The van der Waals surface area contributed by atoms with E-state index in [0.717, 1.165) is 41.7 Å². The van der Waals surface area contributed by atoms with Crippen LogP contribution < -0.4 is 4.74 Å². The smallest absolute Gasteiger partial charge is 0.303 e. The lowest BCUT2D eigenvalue weighted by Crippen LogP contribution is -2.03. The quantitative estimate of drug-likeness (QED) is 0.369. The van der Waals surface area contributed by atoms with E-state index in [1.54, 1.807) is 0 Å². The van der Waals surface area contributed by atoms with Crippen molar-refractivity contribution in [3.8, 4) is 16.9 Å².